The van der Waals surface area contributed by atoms with Crippen LogP contribution in [0.4, 0.5) is 0 Å². The lowest BCUT2D eigenvalue weighted by Gasteiger charge is -2.32. The number of hydrogen-bond acceptors (Lipinski definition) is 3. The van der Waals surface area contributed by atoms with Crippen LogP contribution in [0.1, 0.15) is 34.6 Å². The first-order valence-corrected chi connectivity index (χ1v) is 6.33. The van der Waals surface area contributed by atoms with E-state index in [1.165, 1.54) is 0 Å². The smallest absolute Gasteiger partial charge is 0.399 e. The monoisotopic (exact) mass is 249 g/mol. The van der Waals surface area contributed by atoms with E-state index < -0.39 is 18.3 Å². The fraction of sp³-hybridized carbons (Fsp3) is 0.615. The van der Waals surface area contributed by atoms with Gasteiger partial charge < -0.3 is 13.9 Å². The molecule has 1 saturated heterocycles. The molecule has 0 amide bonds. The lowest BCUT2D eigenvalue weighted by molar-refractivity contribution is 0.00578. The average Bonchev–Trinajstić information content (AvgIpc) is 2.48. The summed E-state index contributed by atoms with van der Waals surface area (Å²) in [5.74, 6) is 0. The number of aryl methyl sites for hydroxylation is 1. The van der Waals surface area contributed by atoms with Crippen LogP contribution in [0.5, 0.6) is 0 Å². The minimum absolute atomic E-state index is 0.0431. The van der Waals surface area contributed by atoms with Crippen LogP contribution in [0.2, 0.25) is 0 Å². The molecule has 2 heterocycles. The Bertz CT molecular complexity index is 491. The third-order valence-electron chi connectivity index (χ3n) is 3.90. The van der Waals surface area contributed by atoms with Crippen molar-refractivity contribution in [3.8, 4) is 0 Å². The summed E-state index contributed by atoms with van der Waals surface area (Å²) in [6.45, 7) is 10.5. The fourth-order valence-electron chi connectivity index (χ4n) is 1.95. The minimum Gasteiger partial charge on any atom is -0.399 e. The van der Waals surface area contributed by atoms with Gasteiger partial charge in [0.05, 0.1) is 11.2 Å². The Labute approximate surface area is 108 Å². The highest BCUT2D eigenvalue weighted by molar-refractivity contribution is 6.61. The van der Waals surface area contributed by atoms with Gasteiger partial charge in [-0.2, -0.15) is 0 Å². The predicted molar refractivity (Wildman–Crippen MR) is 72.1 cm³/mol. The van der Waals surface area contributed by atoms with Crippen LogP contribution in [-0.2, 0) is 15.9 Å². The molecule has 1 aromatic rings. The second-order valence-electron chi connectivity index (χ2n) is 5.64. The van der Waals surface area contributed by atoms with Gasteiger partial charge in [-0.15, -0.1) is 0 Å². The quantitative estimate of drug-likeness (QED) is 0.738. The van der Waals surface area contributed by atoms with Crippen molar-refractivity contribution in [1.82, 2.24) is 4.57 Å². The van der Waals surface area contributed by atoms with E-state index >= 15 is 0 Å². The molecule has 1 aromatic heterocycles. The van der Waals surface area contributed by atoms with Crippen molar-refractivity contribution in [2.45, 2.75) is 52.4 Å². The number of rotatable bonds is 2. The van der Waals surface area contributed by atoms with Gasteiger partial charge in [-0.25, -0.2) is 0 Å². The van der Waals surface area contributed by atoms with Gasteiger partial charge in [-0.3, -0.25) is 4.79 Å². The third-order valence-corrected chi connectivity index (χ3v) is 3.90. The molecule has 5 heteroatoms. The van der Waals surface area contributed by atoms with Gasteiger partial charge in [0.25, 0.3) is 0 Å². The molecule has 0 aliphatic carbocycles. The largest absolute Gasteiger partial charge is 0.500 e. The van der Waals surface area contributed by atoms with Crippen LogP contribution >= 0.6 is 0 Å². The van der Waals surface area contributed by atoms with Crippen molar-refractivity contribution in [2.24, 2.45) is 0 Å². The highest BCUT2D eigenvalue weighted by Gasteiger charge is 2.52. The van der Waals surface area contributed by atoms with Gasteiger partial charge in [0.2, 0.25) is 5.56 Å². The molecule has 2 rings (SSSR count). The summed E-state index contributed by atoms with van der Waals surface area (Å²) in [5.41, 5.74) is -0.315. The second-order valence-corrected chi connectivity index (χ2v) is 5.64. The Kier molecular flexibility index (Phi) is 3.15. The molecule has 0 N–H and O–H groups in total. The van der Waals surface area contributed by atoms with Crippen LogP contribution in [0, 0.1) is 0 Å². The van der Waals surface area contributed by atoms with Crippen molar-refractivity contribution in [1.29, 1.82) is 0 Å². The molecule has 0 unspecified atom stereocenters. The van der Waals surface area contributed by atoms with E-state index in [4.69, 9.17) is 9.31 Å². The van der Waals surface area contributed by atoms with Crippen LogP contribution in [0.3, 0.4) is 0 Å². The molecule has 1 aliphatic heterocycles. The Morgan fingerprint density at radius 2 is 1.78 bits per heavy atom. The zero-order valence-corrected chi connectivity index (χ0v) is 11.7. The van der Waals surface area contributed by atoms with E-state index in [1.807, 2.05) is 40.7 Å². The van der Waals surface area contributed by atoms with Gasteiger partial charge in [0.1, 0.15) is 0 Å². The van der Waals surface area contributed by atoms with E-state index in [1.54, 1.807) is 16.8 Å². The van der Waals surface area contributed by atoms with E-state index in [0.29, 0.717) is 12.0 Å². The van der Waals surface area contributed by atoms with Crippen molar-refractivity contribution in [2.75, 3.05) is 0 Å². The molecule has 0 spiro atoms. The molecule has 0 atom stereocenters. The molecule has 4 nitrogen and oxygen atoms in total. The van der Waals surface area contributed by atoms with Crippen LogP contribution in [0.25, 0.3) is 0 Å². The number of nitrogens with zero attached hydrogens (tertiary/aromatic N) is 1. The predicted octanol–water partition coefficient (Wildman–Crippen LogP) is 1.17. The van der Waals surface area contributed by atoms with Crippen molar-refractivity contribution >= 4 is 12.6 Å². The minimum atomic E-state index is -0.582. The zero-order valence-electron chi connectivity index (χ0n) is 11.7. The normalized spacial score (nSPS) is 21.3. The second kappa shape index (κ2) is 4.25. The SMILES string of the molecule is CCn1cccc(B2OC(C)(C)C(C)(C)O2)c1=O. The van der Waals surface area contributed by atoms with E-state index in [9.17, 15) is 4.79 Å². The van der Waals surface area contributed by atoms with Crippen molar-refractivity contribution in [3.63, 3.8) is 0 Å². The van der Waals surface area contributed by atoms with Crippen molar-refractivity contribution in [3.05, 3.63) is 28.7 Å². The molecule has 0 aromatic carbocycles. The molecule has 1 aliphatic rings. The average molecular weight is 249 g/mol. The molecule has 98 valence electrons. The maximum atomic E-state index is 12.2. The standard InChI is InChI=1S/C13H20BNO3/c1-6-15-9-7-8-10(11(15)16)14-17-12(2,3)13(4,5)18-14/h7-9H,6H2,1-5H3. The number of aromatic nitrogens is 1. The van der Waals surface area contributed by atoms with E-state index in [0.717, 1.165) is 0 Å². The molecule has 0 saturated carbocycles. The lowest BCUT2D eigenvalue weighted by atomic mass is 9.80. The van der Waals surface area contributed by atoms with Gasteiger partial charge in [0, 0.05) is 18.2 Å². The maximum absolute atomic E-state index is 12.2. The maximum Gasteiger partial charge on any atom is 0.500 e. The van der Waals surface area contributed by atoms with E-state index in [2.05, 4.69) is 0 Å². The van der Waals surface area contributed by atoms with Gasteiger partial charge >= 0.3 is 7.12 Å². The van der Waals surface area contributed by atoms with Crippen LogP contribution in [-0.4, -0.2) is 22.9 Å². The summed E-state index contributed by atoms with van der Waals surface area (Å²) in [5, 5.41) is 0. The molecule has 0 bridgehead atoms. The first-order chi connectivity index (χ1) is 8.28. The highest BCUT2D eigenvalue weighted by Crippen LogP contribution is 2.36. The first-order valence-electron chi connectivity index (χ1n) is 6.33. The summed E-state index contributed by atoms with van der Waals surface area (Å²) >= 11 is 0. The summed E-state index contributed by atoms with van der Waals surface area (Å²) in [6, 6.07) is 3.63. The third kappa shape index (κ3) is 2.02. The summed E-state index contributed by atoms with van der Waals surface area (Å²) < 4.78 is 13.4. The summed E-state index contributed by atoms with van der Waals surface area (Å²) in [7, 11) is -0.582. The number of hydrogen-bond donors (Lipinski definition) is 0. The Balaban J connectivity index is 2.39. The van der Waals surface area contributed by atoms with Crippen LogP contribution < -0.4 is 11.0 Å². The Hall–Kier alpha value is -1.07. The summed E-state index contributed by atoms with van der Waals surface area (Å²) in [6.07, 6.45) is 1.77. The van der Waals surface area contributed by atoms with Gasteiger partial charge in [-0.05, 0) is 40.7 Å². The van der Waals surface area contributed by atoms with Gasteiger partial charge in [-0.1, -0.05) is 6.07 Å². The molecule has 0 radical (unpaired) electrons. The molecular formula is C13H20BNO3. The fourth-order valence-corrected chi connectivity index (χ4v) is 1.95. The van der Waals surface area contributed by atoms with Crippen LogP contribution in [0.15, 0.2) is 23.1 Å². The van der Waals surface area contributed by atoms with Gasteiger partial charge in [0.15, 0.2) is 0 Å². The lowest BCUT2D eigenvalue weighted by Crippen LogP contribution is -2.47. The topological polar surface area (TPSA) is 40.5 Å². The number of pyridine rings is 1. The molecular weight excluding hydrogens is 229 g/mol. The van der Waals surface area contributed by atoms with E-state index in [-0.39, 0.29) is 5.56 Å². The highest BCUT2D eigenvalue weighted by atomic mass is 16.7. The Morgan fingerprint density at radius 3 is 2.28 bits per heavy atom. The first kappa shape index (κ1) is 13.4. The summed E-state index contributed by atoms with van der Waals surface area (Å²) in [4.78, 5) is 12.2. The Morgan fingerprint density at radius 1 is 1.22 bits per heavy atom. The molecule has 1 fully saturated rings. The van der Waals surface area contributed by atoms with Crippen molar-refractivity contribution < 1.29 is 9.31 Å². The molecule has 18 heavy (non-hydrogen) atoms. The zero-order chi connectivity index (χ0) is 13.6.